The van der Waals surface area contributed by atoms with Crippen molar-refractivity contribution < 1.29 is 8.42 Å². The zero-order chi connectivity index (χ0) is 15.4. The molecule has 3 aromatic rings. The monoisotopic (exact) mass is 313 g/mol. The summed E-state index contributed by atoms with van der Waals surface area (Å²) in [6.07, 6.45) is 1.67. The van der Waals surface area contributed by atoms with E-state index in [0.29, 0.717) is 5.69 Å². The number of hydrogen-bond acceptors (Lipinski definition) is 3. The number of aromatic amines is 1. The average molecular weight is 313 g/mol. The molecule has 2 aromatic carbocycles. The molecule has 5 nitrogen and oxygen atoms in total. The zero-order valence-corrected chi connectivity index (χ0v) is 12.5. The standard InChI is InChI=1S/C16H15N3O2S/c20-22(21,12-13-4-2-1-3-5-13)19-15-8-6-14(7-9-15)16-10-11-17-18-16/h1-11,19H,12H2,(H,17,18). The van der Waals surface area contributed by atoms with Crippen LogP contribution in [0.2, 0.25) is 0 Å². The Morgan fingerprint density at radius 1 is 0.955 bits per heavy atom. The van der Waals surface area contributed by atoms with E-state index in [1.807, 2.05) is 36.4 Å². The van der Waals surface area contributed by atoms with Crippen molar-refractivity contribution in [2.75, 3.05) is 4.72 Å². The number of benzene rings is 2. The molecule has 3 rings (SSSR count). The van der Waals surface area contributed by atoms with Gasteiger partial charge in [-0.25, -0.2) is 8.42 Å². The Kier molecular flexibility index (Phi) is 3.93. The van der Waals surface area contributed by atoms with Gasteiger partial charge >= 0.3 is 0 Å². The van der Waals surface area contributed by atoms with Gasteiger partial charge in [-0.05, 0) is 29.3 Å². The Labute approximate surface area is 129 Å². The number of nitrogens with one attached hydrogen (secondary N) is 2. The van der Waals surface area contributed by atoms with E-state index in [1.165, 1.54) is 0 Å². The van der Waals surface area contributed by atoms with Crippen molar-refractivity contribution in [1.82, 2.24) is 10.2 Å². The van der Waals surface area contributed by atoms with Crippen LogP contribution in [0.5, 0.6) is 0 Å². The van der Waals surface area contributed by atoms with Crippen molar-refractivity contribution in [3.05, 3.63) is 72.4 Å². The summed E-state index contributed by atoms with van der Waals surface area (Å²) in [7, 11) is -3.42. The number of H-pyrrole nitrogens is 1. The van der Waals surface area contributed by atoms with Crippen LogP contribution in [0, 0.1) is 0 Å². The minimum absolute atomic E-state index is 0.0455. The van der Waals surface area contributed by atoms with E-state index in [4.69, 9.17) is 0 Å². The molecule has 0 aliphatic carbocycles. The van der Waals surface area contributed by atoms with Gasteiger partial charge in [-0.15, -0.1) is 0 Å². The first-order valence-electron chi connectivity index (χ1n) is 6.77. The molecule has 0 radical (unpaired) electrons. The van der Waals surface area contributed by atoms with Crippen LogP contribution in [0.1, 0.15) is 5.56 Å². The van der Waals surface area contributed by atoms with E-state index in [-0.39, 0.29) is 5.75 Å². The van der Waals surface area contributed by atoms with Crippen molar-refractivity contribution >= 4 is 15.7 Å². The second kappa shape index (κ2) is 6.03. The molecular formula is C16H15N3O2S. The van der Waals surface area contributed by atoms with Gasteiger partial charge in [0.05, 0.1) is 11.4 Å². The van der Waals surface area contributed by atoms with E-state index < -0.39 is 10.0 Å². The predicted molar refractivity (Wildman–Crippen MR) is 86.7 cm³/mol. The van der Waals surface area contributed by atoms with Gasteiger partial charge in [0, 0.05) is 11.9 Å². The molecule has 0 amide bonds. The molecule has 1 heterocycles. The van der Waals surface area contributed by atoms with Crippen LogP contribution in [0.15, 0.2) is 66.9 Å². The minimum Gasteiger partial charge on any atom is -0.283 e. The first-order valence-corrected chi connectivity index (χ1v) is 8.42. The van der Waals surface area contributed by atoms with Crippen molar-refractivity contribution in [3.63, 3.8) is 0 Å². The van der Waals surface area contributed by atoms with Gasteiger partial charge in [-0.3, -0.25) is 9.82 Å². The van der Waals surface area contributed by atoms with Gasteiger partial charge in [-0.1, -0.05) is 42.5 Å². The zero-order valence-electron chi connectivity index (χ0n) is 11.7. The molecule has 0 saturated carbocycles. The van der Waals surface area contributed by atoms with Crippen LogP contribution in [0.4, 0.5) is 5.69 Å². The number of rotatable bonds is 5. The second-order valence-corrected chi connectivity index (χ2v) is 6.62. The van der Waals surface area contributed by atoms with Crippen LogP contribution in [0.25, 0.3) is 11.3 Å². The summed E-state index contributed by atoms with van der Waals surface area (Å²) in [5.74, 6) is -0.0455. The average Bonchev–Trinajstić information content (AvgIpc) is 3.02. The number of nitrogens with zero attached hydrogens (tertiary/aromatic N) is 1. The molecule has 0 fully saturated rings. The second-order valence-electron chi connectivity index (χ2n) is 4.89. The Bertz CT molecular complexity index is 827. The molecule has 112 valence electrons. The van der Waals surface area contributed by atoms with Crippen LogP contribution < -0.4 is 4.72 Å². The van der Waals surface area contributed by atoms with Crippen molar-refractivity contribution in [3.8, 4) is 11.3 Å². The maximum Gasteiger partial charge on any atom is 0.236 e. The fourth-order valence-corrected chi connectivity index (χ4v) is 3.34. The number of sulfonamides is 1. The lowest BCUT2D eigenvalue weighted by atomic mass is 10.1. The van der Waals surface area contributed by atoms with Gasteiger partial charge in [0.25, 0.3) is 0 Å². The molecule has 0 saturated heterocycles. The van der Waals surface area contributed by atoms with Gasteiger partial charge in [0.1, 0.15) is 0 Å². The largest absolute Gasteiger partial charge is 0.283 e. The summed E-state index contributed by atoms with van der Waals surface area (Å²) < 4.78 is 26.9. The molecule has 0 atom stereocenters. The lowest BCUT2D eigenvalue weighted by Gasteiger charge is -2.08. The number of anilines is 1. The van der Waals surface area contributed by atoms with Crippen LogP contribution >= 0.6 is 0 Å². The predicted octanol–water partition coefficient (Wildman–Crippen LogP) is 3.02. The molecule has 1 aromatic heterocycles. The molecule has 6 heteroatoms. The highest BCUT2D eigenvalue weighted by Gasteiger charge is 2.11. The third-order valence-corrected chi connectivity index (χ3v) is 4.43. The third kappa shape index (κ3) is 3.53. The van der Waals surface area contributed by atoms with Gasteiger partial charge in [0.15, 0.2) is 0 Å². The van der Waals surface area contributed by atoms with Crippen LogP contribution in [0.3, 0.4) is 0 Å². The highest BCUT2D eigenvalue weighted by molar-refractivity contribution is 7.91. The van der Waals surface area contributed by atoms with E-state index in [2.05, 4.69) is 14.9 Å². The van der Waals surface area contributed by atoms with Gasteiger partial charge < -0.3 is 0 Å². The van der Waals surface area contributed by atoms with E-state index in [1.54, 1.807) is 30.5 Å². The van der Waals surface area contributed by atoms with Crippen LogP contribution in [-0.2, 0) is 15.8 Å². The topological polar surface area (TPSA) is 74.8 Å². The molecule has 0 aliphatic heterocycles. The van der Waals surface area contributed by atoms with Gasteiger partial charge in [0.2, 0.25) is 10.0 Å². The highest BCUT2D eigenvalue weighted by Crippen LogP contribution is 2.20. The Morgan fingerprint density at radius 3 is 2.32 bits per heavy atom. The highest BCUT2D eigenvalue weighted by atomic mass is 32.2. The Hall–Kier alpha value is -2.60. The maximum atomic E-state index is 12.2. The summed E-state index contributed by atoms with van der Waals surface area (Å²) >= 11 is 0. The smallest absolute Gasteiger partial charge is 0.236 e. The van der Waals surface area contributed by atoms with E-state index >= 15 is 0 Å². The quantitative estimate of drug-likeness (QED) is 0.760. The molecule has 0 aliphatic rings. The first-order chi connectivity index (χ1) is 10.6. The SMILES string of the molecule is O=S(=O)(Cc1ccccc1)Nc1ccc(-c2ccn[nH]2)cc1. The van der Waals surface area contributed by atoms with Crippen molar-refractivity contribution in [2.24, 2.45) is 0 Å². The summed E-state index contributed by atoms with van der Waals surface area (Å²) in [5, 5.41) is 6.76. The summed E-state index contributed by atoms with van der Waals surface area (Å²) in [6, 6.07) is 18.1. The molecule has 22 heavy (non-hydrogen) atoms. The third-order valence-electron chi connectivity index (χ3n) is 3.17. The first kappa shape index (κ1) is 14.3. The lowest BCUT2D eigenvalue weighted by Crippen LogP contribution is -2.14. The van der Waals surface area contributed by atoms with E-state index in [9.17, 15) is 8.42 Å². The van der Waals surface area contributed by atoms with Crippen molar-refractivity contribution in [2.45, 2.75) is 5.75 Å². The summed E-state index contributed by atoms with van der Waals surface area (Å²) in [5.41, 5.74) is 3.13. The normalized spacial score (nSPS) is 11.3. The number of hydrogen-bond donors (Lipinski definition) is 2. The molecular weight excluding hydrogens is 298 g/mol. The summed E-state index contributed by atoms with van der Waals surface area (Å²) in [4.78, 5) is 0. The van der Waals surface area contributed by atoms with Crippen LogP contribution in [-0.4, -0.2) is 18.6 Å². The molecule has 0 unspecified atom stereocenters. The molecule has 2 N–H and O–H groups in total. The fourth-order valence-electron chi connectivity index (χ4n) is 2.14. The summed E-state index contributed by atoms with van der Waals surface area (Å²) in [6.45, 7) is 0. The Morgan fingerprint density at radius 2 is 1.68 bits per heavy atom. The van der Waals surface area contributed by atoms with Gasteiger partial charge in [-0.2, -0.15) is 5.10 Å². The van der Waals surface area contributed by atoms with Crippen molar-refractivity contribution in [1.29, 1.82) is 0 Å². The molecule has 0 spiro atoms. The Balaban J connectivity index is 1.72. The number of aromatic nitrogens is 2. The van der Waals surface area contributed by atoms with E-state index in [0.717, 1.165) is 16.8 Å². The minimum atomic E-state index is -3.42. The fraction of sp³-hybridized carbons (Fsp3) is 0.0625. The maximum absolute atomic E-state index is 12.2. The molecule has 0 bridgehead atoms. The lowest BCUT2D eigenvalue weighted by molar-refractivity contribution is 0.600.